The van der Waals surface area contributed by atoms with Crippen molar-refractivity contribution >= 4 is 35.1 Å². The van der Waals surface area contributed by atoms with Crippen LogP contribution in [0.15, 0.2) is 42.5 Å². The van der Waals surface area contributed by atoms with E-state index in [9.17, 15) is 13.6 Å². The summed E-state index contributed by atoms with van der Waals surface area (Å²) in [7, 11) is 0. The fourth-order valence-electron chi connectivity index (χ4n) is 3.14. The van der Waals surface area contributed by atoms with E-state index in [1.807, 2.05) is 6.07 Å². The van der Waals surface area contributed by atoms with E-state index in [4.69, 9.17) is 11.6 Å². The van der Waals surface area contributed by atoms with Crippen LogP contribution in [0.5, 0.6) is 0 Å². The molecule has 1 atom stereocenters. The van der Waals surface area contributed by atoms with Crippen LogP contribution in [0.4, 0.5) is 14.6 Å². The van der Waals surface area contributed by atoms with Crippen molar-refractivity contribution in [3.63, 3.8) is 0 Å². The van der Waals surface area contributed by atoms with Crippen molar-refractivity contribution in [3.05, 3.63) is 75.9 Å². The molecule has 4 rings (SSSR count). The molecular formula is C19H14ClF2N3OS. The number of hydrogen-bond acceptors (Lipinski definition) is 3. The molecule has 1 N–H and O–H groups in total. The molecule has 0 saturated carbocycles. The van der Waals surface area contributed by atoms with Gasteiger partial charge in [-0.05, 0) is 25.1 Å². The molecule has 27 heavy (non-hydrogen) atoms. The van der Waals surface area contributed by atoms with Crippen LogP contribution in [-0.2, 0) is 4.79 Å². The maximum Gasteiger partial charge on any atom is 0.235 e. The Kier molecular flexibility index (Phi) is 4.65. The molecule has 0 bridgehead atoms. The summed E-state index contributed by atoms with van der Waals surface area (Å²) in [5, 5.41) is 7.35. The molecule has 1 amide bonds. The molecule has 0 fully saturated rings. The van der Waals surface area contributed by atoms with Gasteiger partial charge in [0.1, 0.15) is 17.5 Å². The minimum atomic E-state index is -0.655. The first kappa shape index (κ1) is 18.0. The van der Waals surface area contributed by atoms with E-state index in [2.05, 4.69) is 10.4 Å². The lowest BCUT2D eigenvalue weighted by molar-refractivity contribution is -0.113. The number of rotatable bonds is 2. The Bertz CT molecular complexity index is 1050. The Hall–Kier alpha value is -2.38. The maximum atomic E-state index is 14.5. The van der Waals surface area contributed by atoms with E-state index in [0.29, 0.717) is 33.3 Å². The summed E-state index contributed by atoms with van der Waals surface area (Å²) >= 11 is 7.58. The standard InChI is InChI=1S/C19H14ClF2N3OS/c1-10-17-18(12-7-6-11(21)8-14(12)22)27-9-16(26)23-19(17)25(24-10)15-5-3-2-4-13(15)20/h2-8,18H,9H2,1H3,(H,23,26)/t18-/m1/s1. The van der Waals surface area contributed by atoms with Gasteiger partial charge in [0, 0.05) is 17.2 Å². The van der Waals surface area contributed by atoms with Gasteiger partial charge in [0.2, 0.25) is 5.91 Å². The number of benzene rings is 2. The van der Waals surface area contributed by atoms with E-state index >= 15 is 0 Å². The Labute approximate surface area is 163 Å². The molecule has 0 aliphatic carbocycles. The van der Waals surface area contributed by atoms with Crippen molar-refractivity contribution in [2.24, 2.45) is 0 Å². The van der Waals surface area contributed by atoms with Crippen LogP contribution >= 0.6 is 23.4 Å². The minimum absolute atomic E-state index is 0.137. The first-order valence-corrected chi connectivity index (χ1v) is 9.59. The van der Waals surface area contributed by atoms with Gasteiger partial charge in [-0.15, -0.1) is 11.8 Å². The largest absolute Gasteiger partial charge is 0.310 e. The monoisotopic (exact) mass is 405 g/mol. The third-order valence-corrected chi connectivity index (χ3v) is 5.90. The predicted molar refractivity (Wildman–Crippen MR) is 103 cm³/mol. The summed E-state index contributed by atoms with van der Waals surface area (Å²) in [5.41, 5.74) is 2.22. The molecule has 1 aliphatic heterocycles. The normalized spacial score (nSPS) is 16.6. The molecule has 0 unspecified atom stereocenters. The number of aromatic nitrogens is 2. The molecular weight excluding hydrogens is 392 g/mol. The zero-order valence-corrected chi connectivity index (χ0v) is 15.7. The molecule has 1 aromatic heterocycles. The van der Waals surface area contributed by atoms with Gasteiger partial charge in [0.25, 0.3) is 0 Å². The Balaban J connectivity index is 1.93. The number of carbonyl (C=O) groups excluding carboxylic acids is 1. The number of fused-ring (bicyclic) bond motifs is 1. The lowest BCUT2D eigenvalue weighted by Crippen LogP contribution is -2.16. The van der Waals surface area contributed by atoms with Crippen molar-refractivity contribution < 1.29 is 13.6 Å². The van der Waals surface area contributed by atoms with E-state index in [-0.39, 0.29) is 11.7 Å². The molecule has 3 aromatic rings. The second-order valence-corrected chi connectivity index (χ2v) is 7.62. The molecule has 4 nitrogen and oxygen atoms in total. The van der Waals surface area contributed by atoms with Gasteiger partial charge in [0.15, 0.2) is 0 Å². The summed E-state index contributed by atoms with van der Waals surface area (Å²) in [6, 6.07) is 10.6. The molecule has 138 valence electrons. The summed E-state index contributed by atoms with van der Waals surface area (Å²) in [5.74, 6) is -0.938. The molecule has 1 aliphatic rings. The molecule has 0 radical (unpaired) electrons. The van der Waals surface area contributed by atoms with Gasteiger partial charge in [-0.2, -0.15) is 5.10 Å². The molecule has 2 heterocycles. The highest BCUT2D eigenvalue weighted by Crippen LogP contribution is 2.45. The fourth-order valence-corrected chi connectivity index (χ4v) is 4.57. The first-order valence-electron chi connectivity index (χ1n) is 8.16. The average molecular weight is 406 g/mol. The van der Waals surface area contributed by atoms with Gasteiger partial charge in [0.05, 0.1) is 27.4 Å². The number of hydrogen-bond donors (Lipinski definition) is 1. The average Bonchev–Trinajstić information content (AvgIpc) is 2.82. The topological polar surface area (TPSA) is 46.9 Å². The summed E-state index contributed by atoms with van der Waals surface area (Å²) < 4.78 is 29.4. The van der Waals surface area contributed by atoms with Gasteiger partial charge >= 0.3 is 0 Å². The number of anilines is 1. The molecule has 0 saturated heterocycles. The quantitative estimate of drug-likeness (QED) is 0.660. The maximum absolute atomic E-state index is 14.5. The number of amides is 1. The van der Waals surface area contributed by atoms with Crippen molar-refractivity contribution in [3.8, 4) is 5.69 Å². The summed E-state index contributed by atoms with van der Waals surface area (Å²) in [6.07, 6.45) is 0. The van der Waals surface area contributed by atoms with Gasteiger partial charge < -0.3 is 5.32 Å². The zero-order chi connectivity index (χ0) is 19.1. The second-order valence-electron chi connectivity index (χ2n) is 6.12. The molecule has 8 heteroatoms. The highest BCUT2D eigenvalue weighted by molar-refractivity contribution is 8.00. The smallest absolute Gasteiger partial charge is 0.235 e. The van der Waals surface area contributed by atoms with Gasteiger partial charge in [-0.25, -0.2) is 13.5 Å². The summed E-state index contributed by atoms with van der Waals surface area (Å²) in [6.45, 7) is 1.79. The SMILES string of the molecule is Cc1nn(-c2ccccc2Cl)c2c1[C@@H](c1ccc(F)cc1F)SCC(=O)N2. The highest BCUT2D eigenvalue weighted by Gasteiger charge is 2.32. The number of aryl methyl sites for hydroxylation is 1. The highest BCUT2D eigenvalue weighted by atomic mass is 35.5. The van der Waals surface area contributed by atoms with Crippen molar-refractivity contribution in [1.29, 1.82) is 0 Å². The Morgan fingerprint density at radius 1 is 1.26 bits per heavy atom. The van der Waals surface area contributed by atoms with Crippen LogP contribution in [0.2, 0.25) is 5.02 Å². The van der Waals surface area contributed by atoms with Gasteiger partial charge in [-0.1, -0.05) is 29.8 Å². The number of nitrogens with one attached hydrogen (secondary N) is 1. The number of carbonyl (C=O) groups is 1. The first-order chi connectivity index (χ1) is 13.0. The Morgan fingerprint density at radius 2 is 2.04 bits per heavy atom. The van der Waals surface area contributed by atoms with Crippen LogP contribution in [0.3, 0.4) is 0 Å². The fraction of sp³-hybridized carbons (Fsp3) is 0.158. The lowest BCUT2D eigenvalue weighted by atomic mass is 10.0. The van der Waals surface area contributed by atoms with E-state index in [0.717, 1.165) is 6.07 Å². The van der Waals surface area contributed by atoms with Crippen LogP contribution in [0, 0.1) is 18.6 Å². The van der Waals surface area contributed by atoms with E-state index in [1.165, 1.54) is 23.9 Å². The number of para-hydroxylation sites is 1. The third kappa shape index (κ3) is 3.21. The van der Waals surface area contributed by atoms with Crippen molar-refractivity contribution in [2.45, 2.75) is 12.2 Å². The van der Waals surface area contributed by atoms with Crippen LogP contribution in [0.25, 0.3) is 5.69 Å². The van der Waals surface area contributed by atoms with Gasteiger partial charge in [-0.3, -0.25) is 4.79 Å². The number of nitrogens with zero attached hydrogens (tertiary/aromatic N) is 2. The second kappa shape index (κ2) is 6.98. The predicted octanol–water partition coefficient (Wildman–Crippen LogP) is 4.89. The lowest BCUT2D eigenvalue weighted by Gasteiger charge is -2.16. The number of halogens is 3. The van der Waals surface area contributed by atoms with Crippen LogP contribution < -0.4 is 5.32 Å². The zero-order valence-electron chi connectivity index (χ0n) is 14.2. The number of thioether (sulfide) groups is 1. The van der Waals surface area contributed by atoms with Crippen molar-refractivity contribution in [2.75, 3.05) is 11.1 Å². The molecule has 0 spiro atoms. The van der Waals surface area contributed by atoms with Crippen LogP contribution in [0.1, 0.15) is 22.1 Å². The molecule has 2 aromatic carbocycles. The van der Waals surface area contributed by atoms with Crippen molar-refractivity contribution in [1.82, 2.24) is 9.78 Å². The van der Waals surface area contributed by atoms with E-state index in [1.54, 1.807) is 29.8 Å². The third-order valence-electron chi connectivity index (χ3n) is 4.33. The Morgan fingerprint density at radius 3 is 2.78 bits per heavy atom. The van der Waals surface area contributed by atoms with Crippen LogP contribution in [-0.4, -0.2) is 21.4 Å². The van der Waals surface area contributed by atoms with E-state index < -0.39 is 16.9 Å². The minimum Gasteiger partial charge on any atom is -0.310 e. The summed E-state index contributed by atoms with van der Waals surface area (Å²) in [4.78, 5) is 12.3.